The van der Waals surface area contributed by atoms with Crippen molar-refractivity contribution in [2.45, 2.75) is 0 Å². The van der Waals surface area contributed by atoms with Gasteiger partial charge >= 0.3 is 0 Å². The van der Waals surface area contributed by atoms with Gasteiger partial charge in [0.1, 0.15) is 0 Å². The largest absolute Gasteiger partial charge is 0.288 e. The van der Waals surface area contributed by atoms with Crippen molar-refractivity contribution in [3.8, 4) is 22.4 Å². The first-order valence-corrected chi connectivity index (χ1v) is 7.96. The molecule has 0 aliphatic heterocycles. The second-order valence-electron chi connectivity index (χ2n) is 5.70. The molecule has 4 rings (SSSR count). The Morgan fingerprint density at radius 3 is 2.23 bits per heavy atom. The van der Waals surface area contributed by atoms with Gasteiger partial charge in [0.25, 0.3) is 5.91 Å². The number of amides is 1. The molecule has 0 unspecified atom stereocenters. The molecular formula is C20H14N4O2. The maximum atomic E-state index is 12.0. The molecule has 2 N–H and O–H groups in total. The molecule has 0 aliphatic rings. The summed E-state index contributed by atoms with van der Waals surface area (Å²) in [6.45, 7) is 0. The number of pyridine rings is 3. The Bertz CT molecular complexity index is 1080. The van der Waals surface area contributed by atoms with Crippen molar-refractivity contribution < 1.29 is 10.0 Å². The van der Waals surface area contributed by atoms with E-state index < -0.39 is 5.91 Å². The van der Waals surface area contributed by atoms with Gasteiger partial charge in [-0.2, -0.15) is 0 Å². The molecule has 0 fully saturated rings. The van der Waals surface area contributed by atoms with Crippen LogP contribution >= 0.6 is 0 Å². The average Bonchev–Trinajstić information content (AvgIpc) is 2.73. The van der Waals surface area contributed by atoms with Crippen LogP contribution in [0.1, 0.15) is 10.4 Å². The Morgan fingerprint density at radius 1 is 0.846 bits per heavy atom. The summed E-state index contributed by atoms with van der Waals surface area (Å²) in [7, 11) is 0. The number of aromatic nitrogens is 3. The van der Waals surface area contributed by atoms with E-state index in [1.807, 2.05) is 36.4 Å². The van der Waals surface area contributed by atoms with E-state index in [4.69, 9.17) is 5.21 Å². The quantitative estimate of drug-likeness (QED) is 0.440. The normalized spacial score (nSPS) is 10.7. The van der Waals surface area contributed by atoms with Crippen LogP contribution in [0.2, 0.25) is 0 Å². The Kier molecular flexibility index (Phi) is 4.09. The van der Waals surface area contributed by atoms with E-state index in [-0.39, 0.29) is 0 Å². The minimum atomic E-state index is -0.597. The van der Waals surface area contributed by atoms with E-state index in [9.17, 15) is 4.79 Å². The molecule has 0 radical (unpaired) electrons. The number of nitrogens with one attached hydrogen (secondary N) is 1. The predicted octanol–water partition coefficient (Wildman–Crippen LogP) is 3.48. The third-order valence-electron chi connectivity index (χ3n) is 4.15. The molecular weight excluding hydrogens is 328 g/mol. The topological polar surface area (TPSA) is 88.0 Å². The summed E-state index contributed by atoms with van der Waals surface area (Å²) >= 11 is 0. The van der Waals surface area contributed by atoms with E-state index in [2.05, 4.69) is 15.0 Å². The number of hydrogen-bond acceptors (Lipinski definition) is 5. The highest BCUT2D eigenvalue weighted by atomic mass is 16.5. The molecule has 6 nitrogen and oxygen atoms in total. The van der Waals surface area contributed by atoms with Crippen LogP contribution in [-0.4, -0.2) is 26.1 Å². The van der Waals surface area contributed by atoms with Crippen LogP contribution in [0.15, 0.2) is 73.3 Å². The summed E-state index contributed by atoms with van der Waals surface area (Å²) < 4.78 is 0. The number of carbonyl (C=O) groups is 1. The molecule has 26 heavy (non-hydrogen) atoms. The number of rotatable bonds is 3. The number of benzene rings is 1. The molecule has 4 aromatic rings. The number of fused-ring (bicyclic) bond motifs is 1. The van der Waals surface area contributed by atoms with Crippen molar-refractivity contribution in [2.24, 2.45) is 0 Å². The highest BCUT2D eigenvalue weighted by Crippen LogP contribution is 2.27. The van der Waals surface area contributed by atoms with Crippen molar-refractivity contribution in [3.63, 3.8) is 0 Å². The molecule has 0 aliphatic carbocycles. The smallest absolute Gasteiger partial charge is 0.275 e. The van der Waals surface area contributed by atoms with Gasteiger partial charge in [-0.25, -0.2) is 10.5 Å². The molecule has 0 bridgehead atoms. The lowest BCUT2D eigenvalue weighted by molar-refractivity contribution is 0.0708. The molecule has 3 aromatic heterocycles. The van der Waals surface area contributed by atoms with Gasteiger partial charge in [0.15, 0.2) is 0 Å². The van der Waals surface area contributed by atoms with Gasteiger partial charge in [-0.1, -0.05) is 24.3 Å². The minimum Gasteiger partial charge on any atom is -0.288 e. The van der Waals surface area contributed by atoms with Gasteiger partial charge in [0, 0.05) is 35.7 Å². The summed E-state index contributed by atoms with van der Waals surface area (Å²) in [5.74, 6) is -0.597. The first-order valence-electron chi connectivity index (χ1n) is 7.96. The molecule has 126 valence electrons. The zero-order valence-electron chi connectivity index (χ0n) is 13.6. The van der Waals surface area contributed by atoms with E-state index in [1.165, 1.54) is 0 Å². The van der Waals surface area contributed by atoms with Crippen molar-refractivity contribution in [1.82, 2.24) is 20.4 Å². The predicted molar refractivity (Wildman–Crippen MR) is 97.5 cm³/mol. The lowest BCUT2D eigenvalue weighted by atomic mass is 10.0. The monoisotopic (exact) mass is 342 g/mol. The third kappa shape index (κ3) is 2.89. The van der Waals surface area contributed by atoms with Crippen molar-refractivity contribution in [2.75, 3.05) is 0 Å². The number of nitrogens with zero attached hydrogens (tertiary/aromatic N) is 3. The SMILES string of the molecule is O=C(NO)c1cc(-c2ccc(-c3ccncc3)cc2)nc2ccncc12. The van der Waals surface area contributed by atoms with Crippen LogP contribution < -0.4 is 5.48 Å². The highest BCUT2D eigenvalue weighted by molar-refractivity contribution is 6.06. The number of hydroxylamine groups is 1. The Hall–Kier alpha value is -3.64. The highest BCUT2D eigenvalue weighted by Gasteiger charge is 2.13. The fraction of sp³-hybridized carbons (Fsp3) is 0. The summed E-state index contributed by atoms with van der Waals surface area (Å²) in [4.78, 5) is 24.7. The molecule has 1 amide bonds. The van der Waals surface area contributed by atoms with E-state index in [1.54, 1.807) is 42.4 Å². The van der Waals surface area contributed by atoms with Crippen molar-refractivity contribution in [3.05, 3.63) is 78.9 Å². The average molecular weight is 342 g/mol. The minimum absolute atomic E-state index is 0.318. The van der Waals surface area contributed by atoms with Crippen LogP contribution in [0.25, 0.3) is 33.3 Å². The van der Waals surface area contributed by atoms with Crippen LogP contribution in [0.4, 0.5) is 0 Å². The zero-order chi connectivity index (χ0) is 17.9. The Morgan fingerprint density at radius 2 is 1.50 bits per heavy atom. The molecule has 0 atom stereocenters. The van der Waals surface area contributed by atoms with Gasteiger partial charge < -0.3 is 0 Å². The second-order valence-corrected chi connectivity index (χ2v) is 5.70. The molecule has 1 aromatic carbocycles. The fourth-order valence-electron chi connectivity index (χ4n) is 2.84. The summed E-state index contributed by atoms with van der Waals surface area (Å²) in [6.07, 6.45) is 6.68. The molecule has 0 saturated heterocycles. The summed E-state index contributed by atoms with van der Waals surface area (Å²) in [5, 5.41) is 9.61. The Labute approximate surface area is 149 Å². The Balaban J connectivity index is 1.80. The van der Waals surface area contributed by atoms with Gasteiger partial charge in [-0.05, 0) is 35.4 Å². The molecule has 0 saturated carbocycles. The van der Waals surface area contributed by atoms with Gasteiger partial charge in [-0.3, -0.25) is 20.0 Å². The van der Waals surface area contributed by atoms with E-state index in [0.717, 1.165) is 16.7 Å². The molecule has 0 spiro atoms. The first kappa shape index (κ1) is 15.9. The van der Waals surface area contributed by atoms with Gasteiger partial charge in [-0.15, -0.1) is 0 Å². The first-order chi connectivity index (χ1) is 12.8. The van der Waals surface area contributed by atoms with E-state index >= 15 is 0 Å². The number of carbonyl (C=O) groups excluding carboxylic acids is 1. The maximum absolute atomic E-state index is 12.0. The third-order valence-corrected chi connectivity index (χ3v) is 4.15. The summed E-state index contributed by atoms with van der Waals surface area (Å²) in [6, 6.07) is 15.2. The number of hydrogen-bond donors (Lipinski definition) is 2. The van der Waals surface area contributed by atoms with Gasteiger partial charge in [0.2, 0.25) is 0 Å². The van der Waals surface area contributed by atoms with E-state index in [0.29, 0.717) is 22.2 Å². The lowest BCUT2D eigenvalue weighted by Crippen LogP contribution is -2.19. The zero-order valence-corrected chi connectivity index (χ0v) is 13.6. The fourth-order valence-corrected chi connectivity index (χ4v) is 2.84. The van der Waals surface area contributed by atoms with Crippen molar-refractivity contribution in [1.29, 1.82) is 0 Å². The maximum Gasteiger partial charge on any atom is 0.275 e. The summed E-state index contributed by atoms with van der Waals surface area (Å²) in [5.41, 5.74) is 6.28. The van der Waals surface area contributed by atoms with Crippen molar-refractivity contribution >= 4 is 16.8 Å². The lowest BCUT2D eigenvalue weighted by Gasteiger charge is -2.09. The van der Waals surface area contributed by atoms with Gasteiger partial charge in [0.05, 0.1) is 16.8 Å². The van der Waals surface area contributed by atoms with Crippen LogP contribution in [0, 0.1) is 0 Å². The molecule has 3 heterocycles. The standard InChI is InChI=1S/C20H14N4O2/c25-20(24-26)16-11-19(23-18-7-10-22-12-17(16)18)15-3-1-13(2-4-15)14-5-8-21-9-6-14/h1-12,26H,(H,24,25). The van der Waals surface area contributed by atoms with Crippen LogP contribution in [0.3, 0.4) is 0 Å². The van der Waals surface area contributed by atoms with Crippen LogP contribution in [0.5, 0.6) is 0 Å². The molecule has 6 heteroatoms. The van der Waals surface area contributed by atoms with Crippen LogP contribution in [-0.2, 0) is 0 Å². The second kappa shape index (κ2) is 6.70.